The van der Waals surface area contributed by atoms with Crippen molar-refractivity contribution in [2.24, 2.45) is 11.7 Å². The second kappa shape index (κ2) is 6.21. The van der Waals surface area contributed by atoms with Crippen LogP contribution in [0.5, 0.6) is 5.75 Å². The molecule has 1 saturated heterocycles. The number of ether oxygens (including phenoxy) is 1. The normalized spacial score (nSPS) is 22.1. The van der Waals surface area contributed by atoms with Crippen LogP contribution >= 0.6 is 0 Å². The maximum atomic E-state index is 6.26. The first-order valence-electron chi connectivity index (χ1n) is 6.89. The lowest BCUT2D eigenvalue weighted by Crippen LogP contribution is -2.30. The van der Waals surface area contributed by atoms with Gasteiger partial charge in [-0.1, -0.05) is 19.1 Å². The summed E-state index contributed by atoms with van der Waals surface area (Å²) in [7, 11) is 0. The van der Waals surface area contributed by atoms with Crippen LogP contribution in [0, 0.1) is 5.92 Å². The van der Waals surface area contributed by atoms with Gasteiger partial charge in [-0.2, -0.15) is 0 Å². The highest BCUT2D eigenvalue weighted by molar-refractivity contribution is 5.29. The number of nitrogens with zero attached hydrogens (tertiary/aromatic N) is 1. The van der Waals surface area contributed by atoms with Crippen molar-refractivity contribution in [1.82, 2.24) is 4.90 Å². The van der Waals surface area contributed by atoms with E-state index in [-0.39, 0.29) is 6.04 Å². The van der Waals surface area contributed by atoms with Gasteiger partial charge in [-0.15, -0.1) is 0 Å². The van der Waals surface area contributed by atoms with Gasteiger partial charge in [-0.25, -0.2) is 0 Å². The minimum absolute atomic E-state index is 0.103. The van der Waals surface area contributed by atoms with Crippen LogP contribution in [0.4, 0.5) is 0 Å². The quantitative estimate of drug-likeness (QED) is 0.869. The van der Waals surface area contributed by atoms with Crippen molar-refractivity contribution >= 4 is 0 Å². The SMILES string of the molecule is CCOc1ccc(C(N)CN2CCC(C)C2)cc1. The van der Waals surface area contributed by atoms with Gasteiger partial charge in [0.15, 0.2) is 0 Å². The summed E-state index contributed by atoms with van der Waals surface area (Å²) in [6.07, 6.45) is 1.30. The molecule has 100 valence electrons. The van der Waals surface area contributed by atoms with E-state index in [2.05, 4.69) is 24.0 Å². The smallest absolute Gasteiger partial charge is 0.119 e. The summed E-state index contributed by atoms with van der Waals surface area (Å²) in [5.74, 6) is 1.74. The fourth-order valence-electron chi connectivity index (χ4n) is 2.55. The molecular weight excluding hydrogens is 224 g/mol. The van der Waals surface area contributed by atoms with E-state index in [0.29, 0.717) is 6.61 Å². The summed E-state index contributed by atoms with van der Waals surface area (Å²) >= 11 is 0. The Kier molecular flexibility index (Phi) is 4.61. The molecule has 1 aromatic rings. The highest BCUT2D eigenvalue weighted by Gasteiger charge is 2.20. The van der Waals surface area contributed by atoms with Gasteiger partial charge in [0.2, 0.25) is 0 Å². The van der Waals surface area contributed by atoms with E-state index in [1.54, 1.807) is 0 Å². The van der Waals surface area contributed by atoms with Gasteiger partial charge in [-0.3, -0.25) is 0 Å². The van der Waals surface area contributed by atoms with Crippen LogP contribution in [0.15, 0.2) is 24.3 Å². The Balaban J connectivity index is 1.90. The van der Waals surface area contributed by atoms with Crippen LogP contribution < -0.4 is 10.5 Å². The molecule has 3 nitrogen and oxygen atoms in total. The summed E-state index contributed by atoms with van der Waals surface area (Å²) in [5, 5.41) is 0. The predicted molar refractivity (Wildman–Crippen MR) is 74.8 cm³/mol. The Labute approximate surface area is 110 Å². The molecule has 1 aromatic carbocycles. The third-order valence-corrected chi connectivity index (χ3v) is 3.58. The zero-order valence-corrected chi connectivity index (χ0v) is 11.4. The van der Waals surface area contributed by atoms with Gasteiger partial charge < -0.3 is 15.4 Å². The summed E-state index contributed by atoms with van der Waals surface area (Å²) in [4.78, 5) is 2.46. The molecular formula is C15H24N2O. The zero-order valence-electron chi connectivity index (χ0n) is 11.4. The molecule has 0 bridgehead atoms. The topological polar surface area (TPSA) is 38.5 Å². The molecule has 18 heavy (non-hydrogen) atoms. The van der Waals surface area contributed by atoms with Crippen LogP contribution in [0.2, 0.25) is 0 Å². The number of nitrogens with two attached hydrogens (primary N) is 1. The van der Waals surface area contributed by atoms with Crippen molar-refractivity contribution in [2.45, 2.75) is 26.3 Å². The van der Waals surface area contributed by atoms with Gasteiger partial charge >= 0.3 is 0 Å². The lowest BCUT2D eigenvalue weighted by molar-refractivity contribution is 0.306. The summed E-state index contributed by atoms with van der Waals surface area (Å²) in [6.45, 7) is 8.34. The lowest BCUT2D eigenvalue weighted by atomic mass is 10.1. The molecule has 2 atom stereocenters. The molecule has 0 amide bonds. The van der Waals surface area contributed by atoms with Gasteiger partial charge in [0.1, 0.15) is 5.75 Å². The molecule has 0 spiro atoms. The van der Waals surface area contributed by atoms with Gasteiger partial charge in [0.05, 0.1) is 6.61 Å². The molecule has 2 unspecified atom stereocenters. The largest absolute Gasteiger partial charge is 0.494 e. The first-order chi connectivity index (χ1) is 8.69. The minimum atomic E-state index is 0.103. The third-order valence-electron chi connectivity index (χ3n) is 3.58. The summed E-state index contributed by atoms with van der Waals surface area (Å²) in [5.41, 5.74) is 7.45. The fourth-order valence-corrected chi connectivity index (χ4v) is 2.55. The monoisotopic (exact) mass is 248 g/mol. The second-order valence-electron chi connectivity index (χ2n) is 5.26. The van der Waals surface area contributed by atoms with E-state index in [0.717, 1.165) is 18.2 Å². The van der Waals surface area contributed by atoms with Crippen LogP contribution in [-0.4, -0.2) is 31.1 Å². The lowest BCUT2D eigenvalue weighted by Gasteiger charge is -2.21. The van der Waals surface area contributed by atoms with Crippen molar-refractivity contribution in [1.29, 1.82) is 0 Å². The Morgan fingerprint density at radius 1 is 1.39 bits per heavy atom. The molecule has 0 radical (unpaired) electrons. The van der Waals surface area contributed by atoms with Crippen molar-refractivity contribution in [3.05, 3.63) is 29.8 Å². The molecule has 0 aromatic heterocycles. The van der Waals surface area contributed by atoms with E-state index >= 15 is 0 Å². The van der Waals surface area contributed by atoms with E-state index in [9.17, 15) is 0 Å². The van der Waals surface area contributed by atoms with Crippen molar-refractivity contribution < 1.29 is 4.74 Å². The molecule has 1 aliphatic rings. The Morgan fingerprint density at radius 3 is 2.67 bits per heavy atom. The third kappa shape index (κ3) is 3.47. The van der Waals surface area contributed by atoms with Crippen molar-refractivity contribution in [3.8, 4) is 5.75 Å². The number of benzene rings is 1. The number of hydrogen-bond donors (Lipinski definition) is 1. The van der Waals surface area contributed by atoms with Crippen molar-refractivity contribution in [3.63, 3.8) is 0 Å². The van der Waals surface area contributed by atoms with Gasteiger partial charge in [-0.05, 0) is 43.5 Å². The Hall–Kier alpha value is -1.06. The van der Waals surface area contributed by atoms with E-state index < -0.39 is 0 Å². The average molecular weight is 248 g/mol. The number of hydrogen-bond acceptors (Lipinski definition) is 3. The first kappa shape index (κ1) is 13.4. The number of likely N-dealkylation sites (tertiary alicyclic amines) is 1. The highest BCUT2D eigenvalue weighted by atomic mass is 16.5. The maximum absolute atomic E-state index is 6.26. The van der Waals surface area contributed by atoms with Crippen LogP contribution in [0.1, 0.15) is 31.9 Å². The van der Waals surface area contributed by atoms with Gasteiger partial charge in [0.25, 0.3) is 0 Å². The Morgan fingerprint density at radius 2 is 2.11 bits per heavy atom. The molecule has 0 aliphatic carbocycles. The highest BCUT2D eigenvalue weighted by Crippen LogP contribution is 2.20. The standard InChI is InChI=1S/C15H24N2O/c1-3-18-14-6-4-13(5-7-14)15(16)11-17-9-8-12(2)10-17/h4-7,12,15H,3,8-11,16H2,1-2H3. The first-order valence-corrected chi connectivity index (χ1v) is 6.89. The second-order valence-corrected chi connectivity index (χ2v) is 5.26. The molecule has 1 heterocycles. The predicted octanol–water partition coefficient (Wildman–Crippen LogP) is 2.43. The average Bonchev–Trinajstić information content (AvgIpc) is 2.76. The minimum Gasteiger partial charge on any atom is -0.494 e. The Bertz CT molecular complexity index is 363. The molecule has 2 N–H and O–H groups in total. The summed E-state index contributed by atoms with van der Waals surface area (Å²) in [6, 6.07) is 8.27. The van der Waals surface area contributed by atoms with Crippen LogP contribution in [0.25, 0.3) is 0 Å². The number of rotatable bonds is 5. The molecule has 3 heteroatoms. The van der Waals surface area contributed by atoms with E-state index in [1.807, 2.05) is 19.1 Å². The van der Waals surface area contributed by atoms with Crippen LogP contribution in [0.3, 0.4) is 0 Å². The maximum Gasteiger partial charge on any atom is 0.119 e. The molecule has 1 fully saturated rings. The summed E-state index contributed by atoms with van der Waals surface area (Å²) < 4.78 is 5.44. The van der Waals surface area contributed by atoms with Crippen molar-refractivity contribution in [2.75, 3.05) is 26.2 Å². The molecule has 0 saturated carbocycles. The van der Waals surface area contributed by atoms with Crippen LogP contribution in [-0.2, 0) is 0 Å². The molecule has 2 rings (SSSR count). The van der Waals surface area contributed by atoms with E-state index in [1.165, 1.54) is 25.1 Å². The zero-order chi connectivity index (χ0) is 13.0. The van der Waals surface area contributed by atoms with E-state index in [4.69, 9.17) is 10.5 Å². The van der Waals surface area contributed by atoms with Gasteiger partial charge in [0, 0.05) is 19.1 Å². The molecule has 1 aliphatic heterocycles. The fraction of sp³-hybridized carbons (Fsp3) is 0.600.